The van der Waals surface area contributed by atoms with Gasteiger partial charge in [-0.25, -0.2) is 4.98 Å². The number of amides is 1. The first-order chi connectivity index (χ1) is 9.74. The van der Waals surface area contributed by atoms with Crippen molar-refractivity contribution in [3.63, 3.8) is 0 Å². The van der Waals surface area contributed by atoms with Gasteiger partial charge in [-0.15, -0.1) is 16.9 Å². The molecule has 6 heteroatoms. The minimum absolute atomic E-state index is 0.185. The molecular weight excluding hydrogens is 272 g/mol. The molecule has 0 aliphatic carbocycles. The van der Waals surface area contributed by atoms with Crippen molar-refractivity contribution < 1.29 is 4.79 Å². The molecule has 0 aliphatic rings. The predicted molar refractivity (Wildman–Crippen MR) is 81.2 cm³/mol. The maximum atomic E-state index is 12.1. The van der Waals surface area contributed by atoms with Gasteiger partial charge in [0.15, 0.2) is 0 Å². The number of hydrogen-bond donors (Lipinski definition) is 2. The number of aryl methyl sites for hydroxylation is 1. The van der Waals surface area contributed by atoms with Crippen LogP contribution in [0.4, 0.5) is 5.69 Å². The maximum absolute atomic E-state index is 12.1. The molecule has 0 fully saturated rings. The number of carbonyl (C=O) groups excluding carboxylic acids is 1. The number of anilines is 1. The van der Waals surface area contributed by atoms with Gasteiger partial charge in [-0.2, -0.15) is 0 Å². The van der Waals surface area contributed by atoms with Gasteiger partial charge in [0.2, 0.25) is 5.82 Å². The number of thioether (sulfide) groups is 1. The highest BCUT2D eigenvalue weighted by atomic mass is 32.2. The third-order valence-electron chi connectivity index (χ3n) is 2.66. The summed E-state index contributed by atoms with van der Waals surface area (Å²) in [7, 11) is 0. The third kappa shape index (κ3) is 3.60. The van der Waals surface area contributed by atoms with Crippen LogP contribution in [0.15, 0.2) is 29.2 Å². The first-order valence-corrected chi connectivity index (χ1v) is 7.67. The molecule has 2 aromatic rings. The molecule has 0 saturated heterocycles. The number of nitrogens with zero attached hydrogens (tertiary/aromatic N) is 2. The minimum atomic E-state index is -0.284. The summed E-state index contributed by atoms with van der Waals surface area (Å²) in [4.78, 5) is 17.4. The number of carbonyl (C=O) groups is 1. The Morgan fingerprint density at radius 3 is 2.90 bits per heavy atom. The molecule has 0 spiro atoms. The zero-order chi connectivity index (χ0) is 14.4. The van der Waals surface area contributed by atoms with Crippen molar-refractivity contribution in [2.75, 3.05) is 11.1 Å². The Morgan fingerprint density at radius 1 is 1.35 bits per heavy atom. The summed E-state index contributed by atoms with van der Waals surface area (Å²) in [6.07, 6.45) is 1.76. The highest BCUT2D eigenvalue weighted by molar-refractivity contribution is 7.99. The summed E-state index contributed by atoms with van der Waals surface area (Å²) in [6.45, 7) is 4.13. The Labute approximate surface area is 122 Å². The summed E-state index contributed by atoms with van der Waals surface area (Å²) in [6, 6.07) is 7.73. The lowest BCUT2D eigenvalue weighted by atomic mass is 10.3. The van der Waals surface area contributed by atoms with Gasteiger partial charge in [-0.1, -0.05) is 26.0 Å². The normalized spacial score (nSPS) is 10.5. The van der Waals surface area contributed by atoms with E-state index in [-0.39, 0.29) is 11.7 Å². The van der Waals surface area contributed by atoms with E-state index in [0.717, 1.165) is 35.0 Å². The Balaban J connectivity index is 2.10. The van der Waals surface area contributed by atoms with E-state index >= 15 is 0 Å². The summed E-state index contributed by atoms with van der Waals surface area (Å²) < 4.78 is 0. The molecule has 2 N–H and O–H groups in total. The van der Waals surface area contributed by atoms with E-state index < -0.39 is 0 Å². The van der Waals surface area contributed by atoms with Crippen LogP contribution in [0.2, 0.25) is 0 Å². The third-order valence-corrected chi connectivity index (χ3v) is 3.61. The number of aromatic amines is 1. The van der Waals surface area contributed by atoms with Crippen LogP contribution in [-0.2, 0) is 6.42 Å². The van der Waals surface area contributed by atoms with Crippen LogP contribution in [0.1, 0.15) is 36.7 Å². The molecular formula is C14H18N4OS. The molecule has 1 aromatic heterocycles. The lowest BCUT2D eigenvalue weighted by molar-refractivity contribution is 0.101. The van der Waals surface area contributed by atoms with Crippen molar-refractivity contribution in [2.24, 2.45) is 0 Å². The first kappa shape index (κ1) is 14.6. The van der Waals surface area contributed by atoms with E-state index in [4.69, 9.17) is 0 Å². The Kier molecular flexibility index (Phi) is 5.17. The lowest BCUT2D eigenvalue weighted by Crippen LogP contribution is -2.14. The number of benzene rings is 1. The van der Waals surface area contributed by atoms with E-state index in [0.29, 0.717) is 0 Å². The van der Waals surface area contributed by atoms with Crippen LogP contribution in [0.25, 0.3) is 0 Å². The van der Waals surface area contributed by atoms with Crippen LogP contribution < -0.4 is 5.32 Å². The van der Waals surface area contributed by atoms with Gasteiger partial charge in [0.05, 0.1) is 5.69 Å². The van der Waals surface area contributed by atoms with Crippen molar-refractivity contribution in [2.45, 2.75) is 31.6 Å². The smallest absolute Gasteiger partial charge is 0.295 e. The van der Waals surface area contributed by atoms with Gasteiger partial charge in [0.25, 0.3) is 5.91 Å². The fourth-order valence-electron chi connectivity index (χ4n) is 1.77. The monoisotopic (exact) mass is 290 g/mol. The van der Waals surface area contributed by atoms with Crippen molar-refractivity contribution in [1.82, 2.24) is 15.2 Å². The number of rotatable bonds is 6. The molecule has 0 atom stereocenters. The van der Waals surface area contributed by atoms with E-state index in [1.807, 2.05) is 24.3 Å². The van der Waals surface area contributed by atoms with E-state index in [1.54, 1.807) is 11.8 Å². The van der Waals surface area contributed by atoms with Crippen molar-refractivity contribution >= 4 is 23.4 Å². The molecule has 1 aromatic carbocycles. The van der Waals surface area contributed by atoms with Crippen molar-refractivity contribution in [1.29, 1.82) is 0 Å². The van der Waals surface area contributed by atoms with E-state index in [9.17, 15) is 4.79 Å². The molecule has 106 valence electrons. The standard InChI is InChI=1S/C14H18N4OS/c1-3-7-12-16-13(18-17-12)14(19)15-10-8-5-6-9-11(10)20-4-2/h5-6,8-9H,3-4,7H2,1-2H3,(H,15,19)(H,16,17,18). The van der Waals surface area contributed by atoms with Crippen LogP contribution in [0.3, 0.4) is 0 Å². The second-order valence-electron chi connectivity index (χ2n) is 4.24. The van der Waals surface area contributed by atoms with E-state index in [1.165, 1.54) is 0 Å². The molecule has 20 heavy (non-hydrogen) atoms. The van der Waals surface area contributed by atoms with Gasteiger partial charge in [-0.05, 0) is 24.3 Å². The number of para-hydroxylation sites is 1. The second kappa shape index (κ2) is 7.09. The highest BCUT2D eigenvalue weighted by Crippen LogP contribution is 2.26. The largest absolute Gasteiger partial charge is 0.318 e. The van der Waals surface area contributed by atoms with E-state index in [2.05, 4.69) is 34.3 Å². The van der Waals surface area contributed by atoms with Crippen LogP contribution >= 0.6 is 11.8 Å². The van der Waals surface area contributed by atoms with Gasteiger partial charge in [-0.3, -0.25) is 9.89 Å². The number of hydrogen-bond acceptors (Lipinski definition) is 4. The van der Waals surface area contributed by atoms with Crippen molar-refractivity contribution in [3.8, 4) is 0 Å². The lowest BCUT2D eigenvalue weighted by Gasteiger charge is -2.08. The SMILES string of the molecule is CCCc1nc(C(=O)Nc2ccccc2SCC)n[nH]1. The first-order valence-electron chi connectivity index (χ1n) is 6.69. The molecule has 0 saturated carbocycles. The maximum Gasteiger partial charge on any atom is 0.295 e. The Hall–Kier alpha value is -1.82. The molecule has 0 unspecified atom stereocenters. The zero-order valence-electron chi connectivity index (χ0n) is 11.6. The molecule has 5 nitrogen and oxygen atoms in total. The van der Waals surface area contributed by atoms with Gasteiger partial charge >= 0.3 is 0 Å². The molecule has 0 radical (unpaired) electrons. The molecule has 0 bridgehead atoms. The zero-order valence-corrected chi connectivity index (χ0v) is 12.5. The Morgan fingerprint density at radius 2 is 2.15 bits per heavy atom. The molecule has 0 aliphatic heterocycles. The average molecular weight is 290 g/mol. The van der Waals surface area contributed by atoms with Crippen LogP contribution in [0, 0.1) is 0 Å². The summed E-state index contributed by atoms with van der Waals surface area (Å²) in [5, 5.41) is 9.60. The van der Waals surface area contributed by atoms with Crippen LogP contribution in [0.5, 0.6) is 0 Å². The van der Waals surface area contributed by atoms with Gasteiger partial charge in [0.1, 0.15) is 5.82 Å². The number of H-pyrrole nitrogens is 1. The quantitative estimate of drug-likeness (QED) is 0.802. The second-order valence-corrected chi connectivity index (χ2v) is 5.54. The topological polar surface area (TPSA) is 70.7 Å². The highest BCUT2D eigenvalue weighted by Gasteiger charge is 2.13. The van der Waals surface area contributed by atoms with Crippen LogP contribution in [-0.4, -0.2) is 26.8 Å². The fraction of sp³-hybridized carbons (Fsp3) is 0.357. The minimum Gasteiger partial charge on any atom is -0.318 e. The average Bonchev–Trinajstić information content (AvgIpc) is 2.90. The fourth-order valence-corrected chi connectivity index (χ4v) is 2.54. The number of aromatic nitrogens is 3. The molecule has 1 heterocycles. The van der Waals surface area contributed by atoms with Gasteiger partial charge < -0.3 is 5.32 Å². The molecule has 1 amide bonds. The molecule has 2 rings (SSSR count). The summed E-state index contributed by atoms with van der Waals surface area (Å²) in [5.74, 6) is 1.60. The van der Waals surface area contributed by atoms with Crippen molar-refractivity contribution in [3.05, 3.63) is 35.9 Å². The van der Waals surface area contributed by atoms with Gasteiger partial charge in [0, 0.05) is 11.3 Å². The Bertz CT molecular complexity index is 582. The number of nitrogens with one attached hydrogen (secondary N) is 2. The summed E-state index contributed by atoms with van der Waals surface area (Å²) >= 11 is 1.69. The predicted octanol–water partition coefficient (Wildman–Crippen LogP) is 3.12. The summed E-state index contributed by atoms with van der Waals surface area (Å²) in [5.41, 5.74) is 0.797.